The Morgan fingerprint density at radius 3 is 2.70 bits per heavy atom. The van der Waals surface area contributed by atoms with Crippen molar-refractivity contribution in [2.45, 2.75) is 32.8 Å². The molecule has 0 saturated carbocycles. The fourth-order valence-corrected chi connectivity index (χ4v) is 2.05. The van der Waals surface area contributed by atoms with Crippen molar-refractivity contribution in [1.82, 2.24) is 5.32 Å². The lowest BCUT2D eigenvalue weighted by atomic mass is 9.93. The van der Waals surface area contributed by atoms with Crippen LogP contribution in [0.15, 0.2) is 18.2 Å². The number of phenols is 1. The van der Waals surface area contributed by atoms with Gasteiger partial charge >= 0.3 is 6.09 Å². The number of benzene rings is 1. The smallest absolute Gasteiger partial charge is 0.412 e. The highest BCUT2D eigenvalue weighted by Gasteiger charge is 2.20. The Bertz CT molecular complexity index is 490. The Labute approximate surface area is 119 Å². The van der Waals surface area contributed by atoms with Gasteiger partial charge in [0.15, 0.2) is 0 Å². The minimum absolute atomic E-state index is 0.270. The van der Waals surface area contributed by atoms with Crippen LogP contribution in [0, 0.1) is 5.92 Å². The molecule has 1 heterocycles. The lowest BCUT2D eigenvalue weighted by Crippen LogP contribution is -2.43. The van der Waals surface area contributed by atoms with Crippen LogP contribution in [0.3, 0.4) is 0 Å². The van der Waals surface area contributed by atoms with Gasteiger partial charge in [0.25, 0.3) is 0 Å². The fraction of sp³-hybridized carbons (Fsp3) is 0.533. The molecule has 0 unspecified atom stereocenters. The highest BCUT2D eigenvalue weighted by molar-refractivity contribution is 5.85. The van der Waals surface area contributed by atoms with Crippen LogP contribution in [0.2, 0.25) is 0 Å². The predicted octanol–water partition coefficient (Wildman–Crippen LogP) is 2.50. The number of phenolic OH excluding ortho intramolecular Hbond substituents is 1. The van der Waals surface area contributed by atoms with Crippen molar-refractivity contribution >= 4 is 11.8 Å². The monoisotopic (exact) mass is 278 g/mol. The molecule has 5 heteroatoms. The van der Waals surface area contributed by atoms with Crippen molar-refractivity contribution in [3.63, 3.8) is 0 Å². The first-order chi connectivity index (χ1) is 9.33. The molecule has 1 fully saturated rings. The Morgan fingerprint density at radius 1 is 1.45 bits per heavy atom. The zero-order valence-corrected chi connectivity index (χ0v) is 12.2. The number of amides is 1. The van der Waals surface area contributed by atoms with Crippen LogP contribution in [0.4, 0.5) is 10.5 Å². The van der Waals surface area contributed by atoms with Gasteiger partial charge in [0, 0.05) is 5.69 Å². The number of carbonyl (C=O) groups is 1. The summed E-state index contributed by atoms with van der Waals surface area (Å²) in [5, 5.41) is 15.7. The van der Waals surface area contributed by atoms with E-state index in [4.69, 9.17) is 4.74 Å². The Hall–Kier alpha value is -1.75. The van der Waals surface area contributed by atoms with Crippen LogP contribution < -0.4 is 10.6 Å². The van der Waals surface area contributed by atoms with E-state index < -0.39 is 11.7 Å². The summed E-state index contributed by atoms with van der Waals surface area (Å²) in [5.41, 5.74) is 0.964. The van der Waals surface area contributed by atoms with E-state index >= 15 is 0 Å². The van der Waals surface area contributed by atoms with Crippen LogP contribution in [0.5, 0.6) is 5.75 Å². The normalized spacial score (nSPS) is 15.6. The van der Waals surface area contributed by atoms with E-state index in [2.05, 4.69) is 10.6 Å². The fourth-order valence-electron chi connectivity index (χ4n) is 2.05. The minimum atomic E-state index is -0.526. The molecule has 1 aliphatic rings. The molecule has 1 saturated heterocycles. The molecule has 0 aliphatic carbocycles. The Balaban J connectivity index is 2.01. The first-order valence-electron chi connectivity index (χ1n) is 6.86. The summed E-state index contributed by atoms with van der Waals surface area (Å²) >= 11 is 0. The predicted molar refractivity (Wildman–Crippen MR) is 78.0 cm³/mol. The molecule has 20 heavy (non-hydrogen) atoms. The number of aromatic hydroxyl groups is 1. The largest absolute Gasteiger partial charge is 0.508 e. The van der Waals surface area contributed by atoms with Crippen LogP contribution in [0.25, 0.3) is 0 Å². The third-order valence-electron chi connectivity index (χ3n) is 3.10. The number of carbonyl (C=O) groups excluding carboxylic acids is 1. The molecule has 1 amide bonds. The second-order valence-electron chi connectivity index (χ2n) is 6.20. The standard InChI is InChI=1S/C15H22N2O3/c1-15(2,3)20-14(19)17-12-4-5-13(18)11(7-12)6-10-8-16-9-10/h4-5,7,10,16,18H,6,8-9H2,1-3H3,(H,17,19). The van der Waals surface area contributed by atoms with E-state index in [1.165, 1.54) is 0 Å². The van der Waals surface area contributed by atoms with Gasteiger partial charge in [0.05, 0.1) is 0 Å². The van der Waals surface area contributed by atoms with Crippen LogP contribution in [-0.4, -0.2) is 29.9 Å². The first-order valence-corrected chi connectivity index (χ1v) is 6.86. The molecule has 0 aromatic heterocycles. The van der Waals surface area contributed by atoms with Crippen LogP contribution in [0.1, 0.15) is 26.3 Å². The summed E-state index contributed by atoms with van der Waals surface area (Å²) in [6.07, 6.45) is 0.322. The Morgan fingerprint density at radius 2 is 2.15 bits per heavy atom. The van der Waals surface area contributed by atoms with Crippen molar-refractivity contribution in [2.24, 2.45) is 5.92 Å². The molecule has 110 valence electrons. The highest BCUT2D eigenvalue weighted by Crippen LogP contribution is 2.25. The van der Waals surface area contributed by atoms with E-state index in [1.54, 1.807) is 18.2 Å². The maximum atomic E-state index is 11.7. The quantitative estimate of drug-likeness (QED) is 0.743. The third kappa shape index (κ3) is 4.13. The molecule has 0 radical (unpaired) electrons. The van der Waals surface area contributed by atoms with Crippen LogP contribution >= 0.6 is 0 Å². The van der Waals surface area contributed by atoms with E-state index in [9.17, 15) is 9.90 Å². The van der Waals surface area contributed by atoms with Crippen molar-refractivity contribution in [3.05, 3.63) is 23.8 Å². The lowest BCUT2D eigenvalue weighted by Gasteiger charge is -2.27. The summed E-state index contributed by atoms with van der Waals surface area (Å²) in [7, 11) is 0. The number of anilines is 1. The summed E-state index contributed by atoms with van der Waals surface area (Å²) in [6.45, 7) is 7.40. The minimum Gasteiger partial charge on any atom is -0.508 e. The number of hydrogen-bond acceptors (Lipinski definition) is 4. The molecule has 5 nitrogen and oxygen atoms in total. The number of ether oxygens (including phenoxy) is 1. The summed E-state index contributed by atoms with van der Waals surface area (Å²) < 4.78 is 5.20. The first kappa shape index (κ1) is 14.7. The molecule has 1 aromatic carbocycles. The maximum Gasteiger partial charge on any atom is 0.412 e. The van der Waals surface area contributed by atoms with Gasteiger partial charge in [-0.15, -0.1) is 0 Å². The van der Waals surface area contributed by atoms with Gasteiger partial charge in [-0.25, -0.2) is 4.79 Å². The van der Waals surface area contributed by atoms with Gasteiger partial charge in [-0.1, -0.05) is 0 Å². The summed E-state index contributed by atoms with van der Waals surface area (Å²) in [6, 6.07) is 5.08. The maximum absolute atomic E-state index is 11.7. The molecular weight excluding hydrogens is 256 g/mol. The highest BCUT2D eigenvalue weighted by atomic mass is 16.6. The van der Waals surface area contributed by atoms with Crippen molar-refractivity contribution in [1.29, 1.82) is 0 Å². The molecule has 3 N–H and O–H groups in total. The van der Waals surface area contributed by atoms with Gasteiger partial charge in [0.1, 0.15) is 11.4 Å². The molecule has 0 spiro atoms. The van der Waals surface area contributed by atoms with Crippen molar-refractivity contribution in [3.8, 4) is 5.75 Å². The van der Waals surface area contributed by atoms with E-state index in [0.29, 0.717) is 11.6 Å². The SMILES string of the molecule is CC(C)(C)OC(=O)Nc1ccc(O)c(CC2CNC2)c1. The molecule has 1 aromatic rings. The molecule has 0 atom stereocenters. The lowest BCUT2D eigenvalue weighted by molar-refractivity contribution is 0.0636. The Kier molecular flexibility index (Phi) is 4.18. The third-order valence-corrected chi connectivity index (χ3v) is 3.10. The van der Waals surface area contributed by atoms with Gasteiger partial charge in [-0.2, -0.15) is 0 Å². The van der Waals surface area contributed by atoms with Crippen molar-refractivity contribution in [2.75, 3.05) is 18.4 Å². The zero-order chi connectivity index (χ0) is 14.8. The van der Waals surface area contributed by atoms with E-state index in [1.807, 2.05) is 20.8 Å². The second-order valence-corrected chi connectivity index (χ2v) is 6.20. The van der Waals surface area contributed by atoms with E-state index in [-0.39, 0.29) is 5.75 Å². The zero-order valence-electron chi connectivity index (χ0n) is 12.2. The van der Waals surface area contributed by atoms with Gasteiger partial charge in [-0.3, -0.25) is 5.32 Å². The number of rotatable bonds is 3. The molecule has 0 bridgehead atoms. The van der Waals surface area contributed by atoms with Gasteiger partial charge < -0.3 is 15.2 Å². The molecule has 2 rings (SSSR count). The topological polar surface area (TPSA) is 70.6 Å². The summed E-state index contributed by atoms with van der Waals surface area (Å²) in [4.78, 5) is 11.7. The number of nitrogens with one attached hydrogen (secondary N) is 2. The molecule has 1 aliphatic heterocycles. The number of hydrogen-bond donors (Lipinski definition) is 3. The molecular formula is C15H22N2O3. The summed E-state index contributed by atoms with van der Waals surface area (Å²) in [5.74, 6) is 0.823. The van der Waals surface area contributed by atoms with Gasteiger partial charge in [-0.05, 0) is 70.0 Å². The second kappa shape index (κ2) is 5.71. The average molecular weight is 278 g/mol. The van der Waals surface area contributed by atoms with Gasteiger partial charge in [0.2, 0.25) is 0 Å². The average Bonchev–Trinajstić information content (AvgIpc) is 2.24. The van der Waals surface area contributed by atoms with E-state index in [0.717, 1.165) is 25.1 Å². The van der Waals surface area contributed by atoms with Crippen LogP contribution in [-0.2, 0) is 11.2 Å². The van der Waals surface area contributed by atoms with Crippen molar-refractivity contribution < 1.29 is 14.6 Å².